The van der Waals surface area contributed by atoms with Crippen molar-refractivity contribution in [3.05, 3.63) is 5.82 Å². The molecule has 1 heterocycles. The summed E-state index contributed by atoms with van der Waals surface area (Å²) in [5.74, 6) is 2.04. The average molecular weight is 238 g/mol. The summed E-state index contributed by atoms with van der Waals surface area (Å²) < 4.78 is 2.18. The molecule has 0 bridgehead atoms. The van der Waals surface area contributed by atoms with Gasteiger partial charge >= 0.3 is 0 Å². The Bertz CT molecular complexity index is 306. The Morgan fingerprint density at radius 3 is 2.41 bits per heavy atom. The van der Waals surface area contributed by atoms with Crippen LogP contribution >= 0.6 is 0 Å². The molecule has 0 aliphatic carbocycles. The standard InChI is InChI=1S/C13H26N4/c1-4-7-8-9-10-11-12-15-16-13(14-5-2)17(12)6-3/h4-11H2,1-3H3,(H,14,16). The van der Waals surface area contributed by atoms with Crippen LogP contribution in [0.5, 0.6) is 0 Å². The van der Waals surface area contributed by atoms with Crippen LogP contribution in [0.2, 0.25) is 0 Å². The summed E-state index contributed by atoms with van der Waals surface area (Å²) in [6.07, 6.45) is 7.58. The van der Waals surface area contributed by atoms with Gasteiger partial charge in [-0.25, -0.2) is 0 Å². The number of aromatic nitrogens is 3. The number of unbranched alkanes of at least 4 members (excludes halogenated alkanes) is 4. The molecule has 0 amide bonds. The highest BCUT2D eigenvalue weighted by molar-refractivity contribution is 5.25. The molecule has 0 radical (unpaired) electrons. The lowest BCUT2D eigenvalue weighted by Crippen LogP contribution is -2.08. The second-order valence-electron chi connectivity index (χ2n) is 4.38. The topological polar surface area (TPSA) is 42.7 Å². The zero-order valence-corrected chi connectivity index (χ0v) is 11.5. The molecule has 4 heteroatoms. The molecule has 1 aromatic heterocycles. The van der Waals surface area contributed by atoms with Crippen molar-refractivity contribution in [2.75, 3.05) is 11.9 Å². The Morgan fingerprint density at radius 1 is 1.00 bits per heavy atom. The van der Waals surface area contributed by atoms with Crippen LogP contribution in [0.1, 0.15) is 58.7 Å². The van der Waals surface area contributed by atoms with Crippen LogP contribution in [0.25, 0.3) is 0 Å². The predicted octanol–water partition coefficient (Wildman–Crippen LogP) is 3.24. The van der Waals surface area contributed by atoms with Crippen molar-refractivity contribution < 1.29 is 0 Å². The fraction of sp³-hybridized carbons (Fsp3) is 0.846. The normalized spacial score (nSPS) is 10.8. The summed E-state index contributed by atoms with van der Waals surface area (Å²) in [4.78, 5) is 0. The zero-order valence-electron chi connectivity index (χ0n) is 11.5. The minimum atomic E-state index is 0.897. The third kappa shape index (κ3) is 4.36. The molecular formula is C13H26N4. The van der Waals surface area contributed by atoms with E-state index >= 15 is 0 Å². The molecule has 0 saturated carbocycles. The quantitative estimate of drug-likeness (QED) is 0.672. The predicted molar refractivity (Wildman–Crippen MR) is 72.3 cm³/mol. The van der Waals surface area contributed by atoms with Crippen molar-refractivity contribution in [1.29, 1.82) is 0 Å². The van der Waals surface area contributed by atoms with Gasteiger partial charge in [0.15, 0.2) is 0 Å². The second kappa shape index (κ2) is 8.09. The van der Waals surface area contributed by atoms with Crippen LogP contribution < -0.4 is 5.32 Å². The van der Waals surface area contributed by atoms with Crippen LogP contribution in [0.4, 0.5) is 5.95 Å². The number of anilines is 1. The van der Waals surface area contributed by atoms with Crippen molar-refractivity contribution in [2.45, 2.75) is 65.8 Å². The number of nitrogens with one attached hydrogen (secondary N) is 1. The summed E-state index contributed by atoms with van der Waals surface area (Å²) >= 11 is 0. The molecule has 0 saturated heterocycles. The largest absolute Gasteiger partial charge is 0.355 e. The maximum atomic E-state index is 4.27. The summed E-state index contributed by atoms with van der Waals surface area (Å²) in [6, 6.07) is 0. The van der Waals surface area contributed by atoms with Gasteiger partial charge in [-0.15, -0.1) is 10.2 Å². The minimum absolute atomic E-state index is 0.897. The highest BCUT2D eigenvalue weighted by Gasteiger charge is 2.08. The molecule has 98 valence electrons. The number of aryl methyl sites for hydroxylation is 1. The van der Waals surface area contributed by atoms with Gasteiger partial charge < -0.3 is 5.32 Å². The molecule has 4 nitrogen and oxygen atoms in total. The first-order valence-corrected chi connectivity index (χ1v) is 6.99. The van der Waals surface area contributed by atoms with Crippen molar-refractivity contribution in [3.8, 4) is 0 Å². The Balaban J connectivity index is 2.41. The van der Waals surface area contributed by atoms with Gasteiger partial charge in [-0.2, -0.15) is 0 Å². The van der Waals surface area contributed by atoms with E-state index in [0.29, 0.717) is 0 Å². The van der Waals surface area contributed by atoms with Gasteiger partial charge in [0.05, 0.1) is 0 Å². The van der Waals surface area contributed by atoms with Gasteiger partial charge in [-0.05, 0) is 20.3 Å². The lowest BCUT2D eigenvalue weighted by Gasteiger charge is -2.07. The second-order valence-corrected chi connectivity index (χ2v) is 4.38. The number of rotatable bonds is 9. The molecule has 1 N–H and O–H groups in total. The number of nitrogens with zero attached hydrogens (tertiary/aromatic N) is 3. The van der Waals surface area contributed by atoms with Gasteiger partial charge in [-0.1, -0.05) is 32.6 Å². The summed E-state index contributed by atoms with van der Waals surface area (Å²) in [5, 5.41) is 11.7. The van der Waals surface area contributed by atoms with Crippen molar-refractivity contribution in [1.82, 2.24) is 14.8 Å². The Morgan fingerprint density at radius 2 is 1.76 bits per heavy atom. The van der Waals surface area contributed by atoms with E-state index in [2.05, 4.69) is 40.9 Å². The highest BCUT2D eigenvalue weighted by atomic mass is 15.3. The first-order chi connectivity index (χ1) is 8.33. The Labute approximate surface area is 105 Å². The number of hydrogen-bond donors (Lipinski definition) is 1. The van der Waals surface area contributed by atoms with E-state index in [4.69, 9.17) is 0 Å². The Hall–Kier alpha value is -1.06. The molecule has 0 aliphatic rings. The van der Waals surface area contributed by atoms with E-state index in [9.17, 15) is 0 Å². The average Bonchev–Trinajstić information content (AvgIpc) is 2.72. The van der Waals surface area contributed by atoms with Gasteiger partial charge in [0.25, 0.3) is 0 Å². The van der Waals surface area contributed by atoms with E-state index < -0.39 is 0 Å². The lowest BCUT2D eigenvalue weighted by molar-refractivity contribution is 0.603. The molecular weight excluding hydrogens is 212 g/mol. The molecule has 1 aromatic rings. The molecule has 17 heavy (non-hydrogen) atoms. The van der Waals surface area contributed by atoms with Gasteiger partial charge in [-0.3, -0.25) is 4.57 Å². The van der Waals surface area contributed by atoms with Crippen LogP contribution in [-0.4, -0.2) is 21.3 Å². The molecule has 0 fully saturated rings. The smallest absolute Gasteiger partial charge is 0.224 e. The SMILES string of the molecule is CCCCCCCc1nnc(NCC)n1CC. The third-order valence-electron chi connectivity index (χ3n) is 2.98. The van der Waals surface area contributed by atoms with E-state index in [1.807, 2.05) is 0 Å². The maximum absolute atomic E-state index is 4.27. The fourth-order valence-corrected chi connectivity index (χ4v) is 2.03. The summed E-state index contributed by atoms with van der Waals surface area (Å²) in [5.41, 5.74) is 0. The van der Waals surface area contributed by atoms with Crippen molar-refractivity contribution in [2.24, 2.45) is 0 Å². The van der Waals surface area contributed by atoms with Crippen LogP contribution in [0.15, 0.2) is 0 Å². The van der Waals surface area contributed by atoms with Crippen molar-refractivity contribution in [3.63, 3.8) is 0 Å². The van der Waals surface area contributed by atoms with Crippen LogP contribution in [0, 0.1) is 0 Å². The van der Waals surface area contributed by atoms with E-state index in [-0.39, 0.29) is 0 Å². The van der Waals surface area contributed by atoms with E-state index in [1.54, 1.807) is 0 Å². The van der Waals surface area contributed by atoms with Crippen LogP contribution in [0.3, 0.4) is 0 Å². The van der Waals surface area contributed by atoms with Gasteiger partial charge in [0.1, 0.15) is 5.82 Å². The Kier molecular flexibility index (Phi) is 6.67. The highest BCUT2D eigenvalue weighted by Crippen LogP contribution is 2.11. The first kappa shape index (κ1) is 14.0. The number of hydrogen-bond acceptors (Lipinski definition) is 3. The lowest BCUT2D eigenvalue weighted by atomic mass is 10.1. The van der Waals surface area contributed by atoms with E-state index in [0.717, 1.165) is 31.3 Å². The van der Waals surface area contributed by atoms with Gasteiger partial charge in [0.2, 0.25) is 5.95 Å². The minimum Gasteiger partial charge on any atom is -0.355 e. The van der Waals surface area contributed by atoms with E-state index in [1.165, 1.54) is 32.1 Å². The molecule has 0 atom stereocenters. The monoisotopic (exact) mass is 238 g/mol. The molecule has 0 spiro atoms. The fourth-order valence-electron chi connectivity index (χ4n) is 2.03. The van der Waals surface area contributed by atoms with Crippen LogP contribution in [-0.2, 0) is 13.0 Å². The summed E-state index contributed by atoms with van der Waals surface area (Å²) in [6.45, 7) is 8.31. The molecule has 0 aliphatic heterocycles. The third-order valence-corrected chi connectivity index (χ3v) is 2.98. The molecule has 0 aromatic carbocycles. The van der Waals surface area contributed by atoms with Gasteiger partial charge in [0, 0.05) is 19.5 Å². The molecule has 0 unspecified atom stereocenters. The first-order valence-electron chi connectivity index (χ1n) is 6.99. The zero-order chi connectivity index (χ0) is 12.5. The summed E-state index contributed by atoms with van der Waals surface area (Å²) in [7, 11) is 0. The molecule has 1 rings (SSSR count). The maximum Gasteiger partial charge on any atom is 0.224 e. The van der Waals surface area contributed by atoms with Crippen molar-refractivity contribution >= 4 is 5.95 Å².